The number of aliphatic hydroxyl groups excluding tert-OH is 1. The third kappa shape index (κ3) is 3.81. The van der Waals surface area contributed by atoms with Gasteiger partial charge in [0.15, 0.2) is 0 Å². The smallest absolute Gasteiger partial charge is 0.251 e. The van der Waals surface area contributed by atoms with E-state index in [-0.39, 0.29) is 19.1 Å². The molecule has 3 N–H and O–H groups in total. The minimum Gasteiger partial charge on any atom is -0.495 e. The van der Waals surface area contributed by atoms with Crippen LogP contribution in [0.25, 0.3) is 0 Å². The number of carbonyl (C=O) groups is 1. The molecule has 0 aliphatic heterocycles. The maximum atomic E-state index is 12.1. The molecule has 0 fully saturated rings. The third-order valence-corrected chi connectivity index (χ3v) is 2.65. The maximum Gasteiger partial charge on any atom is 0.251 e. The number of nitrogens with zero attached hydrogens (tertiary/aromatic N) is 2. The van der Waals surface area contributed by atoms with Crippen LogP contribution in [0.15, 0.2) is 24.5 Å². The van der Waals surface area contributed by atoms with E-state index in [0.29, 0.717) is 22.7 Å². The van der Waals surface area contributed by atoms with E-state index in [1.807, 2.05) is 0 Å². The van der Waals surface area contributed by atoms with Gasteiger partial charge in [0.2, 0.25) is 0 Å². The molecule has 0 bridgehead atoms. The van der Waals surface area contributed by atoms with E-state index in [0.717, 1.165) is 0 Å². The van der Waals surface area contributed by atoms with Crippen LogP contribution >= 0.6 is 0 Å². The van der Waals surface area contributed by atoms with Gasteiger partial charge in [-0.3, -0.25) is 9.89 Å². The van der Waals surface area contributed by atoms with Gasteiger partial charge in [0.1, 0.15) is 24.5 Å². The van der Waals surface area contributed by atoms with Crippen molar-refractivity contribution in [1.29, 1.82) is 0 Å². The minimum atomic E-state index is -0.263. The zero-order chi connectivity index (χ0) is 15.1. The zero-order valence-electron chi connectivity index (χ0n) is 11.4. The molecule has 1 aromatic carbocycles. The number of H-pyrrole nitrogens is 1. The molecule has 0 aliphatic carbocycles. The summed E-state index contributed by atoms with van der Waals surface area (Å²) in [5.74, 6) is 6.12. The first-order valence-corrected chi connectivity index (χ1v) is 6.15. The quantitative estimate of drug-likeness (QED) is 0.691. The van der Waals surface area contributed by atoms with Crippen molar-refractivity contribution >= 4 is 5.91 Å². The highest BCUT2D eigenvalue weighted by atomic mass is 16.5. The van der Waals surface area contributed by atoms with Gasteiger partial charge in [0, 0.05) is 5.56 Å². The van der Waals surface area contributed by atoms with Gasteiger partial charge in [-0.2, -0.15) is 5.10 Å². The van der Waals surface area contributed by atoms with Gasteiger partial charge in [-0.1, -0.05) is 11.8 Å². The predicted molar refractivity (Wildman–Crippen MR) is 74.5 cm³/mol. The molecule has 0 saturated heterocycles. The second-order valence-corrected chi connectivity index (χ2v) is 3.99. The highest BCUT2D eigenvalue weighted by molar-refractivity contribution is 5.94. The molecule has 1 heterocycles. The van der Waals surface area contributed by atoms with Crippen molar-refractivity contribution < 1.29 is 14.6 Å². The molecule has 108 valence electrons. The van der Waals surface area contributed by atoms with E-state index >= 15 is 0 Å². The van der Waals surface area contributed by atoms with Crippen LogP contribution in [0.4, 0.5) is 0 Å². The number of methoxy groups -OCH3 is 1. The van der Waals surface area contributed by atoms with Crippen LogP contribution in [0.3, 0.4) is 0 Å². The van der Waals surface area contributed by atoms with E-state index in [2.05, 4.69) is 32.3 Å². The van der Waals surface area contributed by atoms with Crippen LogP contribution in [-0.4, -0.2) is 39.9 Å². The summed E-state index contributed by atoms with van der Waals surface area (Å²) in [5, 5.41) is 17.8. The van der Waals surface area contributed by atoms with Crippen molar-refractivity contribution in [3.8, 4) is 17.6 Å². The molecule has 0 saturated carbocycles. The molecule has 2 rings (SSSR count). The van der Waals surface area contributed by atoms with Crippen molar-refractivity contribution in [1.82, 2.24) is 20.5 Å². The van der Waals surface area contributed by atoms with E-state index in [4.69, 9.17) is 9.84 Å². The van der Waals surface area contributed by atoms with Crippen LogP contribution in [-0.2, 0) is 6.54 Å². The molecule has 7 nitrogen and oxygen atoms in total. The Kier molecular flexibility index (Phi) is 4.90. The first-order chi connectivity index (χ1) is 10.2. The maximum absolute atomic E-state index is 12.1. The van der Waals surface area contributed by atoms with E-state index in [1.165, 1.54) is 13.4 Å². The molecule has 0 radical (unpaired) electrons. The molecule has 7 heteroatoms. The normalized spacial score (nSPS) is 9.62. The molecular formula is C14H14N4O3. The average Bonchev–Trinajstić information content (AvgIpc) is 3.03. The largest absolute Gasteiger partial charge is 0.495 e. The number of nitrogens with one attached hydrogen (secondary N) is 2. The Bertz CT molecular complexity index is 671. The fraction of sp³-hybridized carbons (Fsp3) is 0.214. The standard InChI is InChI=1S/C14H14N4O3/c1-21-12-5-4-11(7-10(12)3-2-6-19)14(20)15-8-13-16-9-17-18-13/h4-5,7,9,19H,6,8H2,1H3,(H,15,20)(H,16,17,18). The molecule has 2 aromatic rings. The lowest BCUT2D eigenvalue weighted by Gasteiger charge is -2.07. The molecular weight excluding hydrogens is 272 g/mol. The summed E-state index contributed by atoms with van der Waals surface area (Å²) >= 11 is 0. The lowest BCUT2D eigenvalue weighted by atomic mass is 10.1. The van der Waals surface area contributed by atoms with Gasteiger partial charge < -0.3 is 15.2 Å². The molecule has 0 aliphatic rings. The van der Waals surface area contributed by atoms with Crippen molar-refractivity contribution in [2.24, 2.45) is 0 Å². The minimum absolute atomic E-state index is 0.252. The number of aromatic amines is 1. The Morgan fingerprint density at radius 3 is 3.05 bits per heavy atom. The number of rotatable bonds is 4. The summed E-state index contributed by atoms with van der Waals surface area (Å²) in [6.45, 7) is -0.00636. The van der Waals surface area contributed by atoms with Crippen molar-refractivity contribution in [3.05, 3.63) is 41.5 Å². The summed E-state index contributed by atoms with van der Waals surface area (Å²) in [6, 6.07) is 4.90. The molecule has 0 unspecified atom stereocenters. The van der Waals surface area contributed by atoms with Crippen LogP contribution in [0.2, 0.25) is 0 Å². The lowest BCUT2D eigenvalue weighted by molar-refractivity contribution is 0.0950. The summed E-state index contributed by atoms with van der Waals surface area (Å²) in [4.78, 5) is 16.0. The summed E-state index contributed by atoms with van der Waals surface area (Å²) in [5.41, 5.74) is 0.983. The third-order valence-electron chi connectivity index (χ3n) is 2.65. The van der Waals surface area contributed by atoms with E-state index in [1.54, 1.807) is 18.2 Å². The zero-order valence-corrected chi connectivity index (χ0v) is 11.4. The molecule has 0 atom stereocenters. The first-order valence-electron chi connectivity index (χ1n) is 6.15. The number of hydrogen-bond donors (Lipinski definition) is 3. The van der Waals surface area contributed by atoms with Gasteiger partial charge >= 0.3 is 0 Å². The lowest BCUT2D eigenvalue weighted by Crippen LogP contribution is -2.23. The SMILES string of the molecule is COc1ccc(C(=O)NCc2ncn[nH]2)cc1C#CCO. The summed E-state index contributed by atoms with van der Waals surface area (Å²) in [7, 11) is 1.52. The number of carbonyl (C=O) groups excluding carboxylic acids is 1. The average molecular weight is 286 g/mol. The molecule has 0 spiro atoms. The van der Waals surface area contributed by atoms with Crippen LogP contribution in [0, 0.1) is 11.8 Å². The van der Waals surface area contributed by atoms with Gasteiger partial charge in [-0.15, -0.1) is 0 Å². The Morgan fingerprint density at radius 1 is 1.52 bits per heavy atom. The molecule has 1 amide bonds. The topological polar surface area (TPSA) is 100 Å². The fourth-order valence-electron chi connectivity index (χ4n) is 1.66. The molecule has 1 aromatic heterocycles. The number of amides is 1. The van der Waals surface area contributed by atoms with Gasteiger partial charge in [-0.05, 0) is 18.2 Å². The number of ether oxygens (including phenoxy) is 1. The number of benzene rings is 1. The summed E-state index contributed by atoms with van der Waals surface area (Å²) in [6.07, 6.45) is 1.37. The number of aliphatic hydroxyl groups is 1. The first kappa shape index (κ1) is 14.6. The second kappa shape index (κ2) is 7.07. The summed E-state index contributed by atoms with van der Waals surface area (Å²) < 4.78 is 5.16. The Morgan fingerprint density at radius 2 is 2.38 bits per heavy atom. The van der Waals surface area contributed by atoms with E-state index in [9.17, 15) is 4.79 Å². The van der Waals surface area contributed by atoms with Crippen molar-refractivity contribution in [2.45, 2.75) is 6.54 Å². The van der Waals surface area contributed by atoms with Gasteiger partial charge in [0.25, 0.3) is 5.91 Å². The predicted octanol–water partition coefficient (Wildman–Crippen LogP) is 0.0871. The second-order valence-electron chi connectivity index (χ2n) is 3.99. The fourth-order valence-corrected chi connectivity index (χ4v) is 1.66. The molecule has 21 heavy (non-hydrogen) atoms. The Balaban J connectivity index is 2.13. The van der Waals surface area contributed by atoms with Gasteiger partial charge in [-0.25, -0.2) is 4.98 Å². The van der Waals surface area contributed by atoms with Crippen LogP contribution < -0.4 is 10.1 Å². The van der Waals surface area contributed by atoms with Crippen LogP contribution in [0.5, 0.6) is 5.75 Å². The van der Waals surface area contributed by atoms with Crippen molar-refractivity contribution in [3.63, 3.8) is 0 Å². The van der Waals surface area contributed by atoms with Crippen molar-refractivity contribution in [2.75, 3.05) is 13.7 Å². The Labute approximate surface area is 121 Å². The monoisotopic (exact) mass is 286 g/mol. The highest BCUT2D eigenvalue weighted by Gasteiger charge is 2.09. The number of hydrogen-bond acceptors (Lipinski definition) is 5. The Hall–Kier alpha value is -2.85. The van der Waals surface area contributed by atoms with Crippen LogP contribution in [0.1, 0.15) is 21.7 Å². The highest BCUT2D eigenvalue weighted by Crippen LogP contribution is 2.18. The van der Waals surface area contributed by atoms with E-state index < -0.39 is 0 Å². The van der Waals surface area contributed by atoms with Gasteiger partial charge in [0.05, 0.1) is 19.2 Å². The number of aromatic nitrogens is 3.